The van der Waals surface area contributed by atoms with Gasteiger partial charge in [-0.25, -0.2) is 9.38 Å². The van der Waals surface area contributed by atoms with E-state index in [4.69, 9.17) is 0 Å². The minimum Gasteiger partial charge on any atom is -0.357 e. The van der Waals surface area contributed by atoms with Crippen molar-refractivity contribution in [3.8, 4) is 0 Å². The van der Waals surface area contributed by atoms with Gasteiger partial charge in [0.15, 0.2) is 5.96 Å². The molecule has 0 aliphatic carbocycles. The molecule has 2 aromatic carbocycles. The van der Waals surface area contributed by atoms with Crippen molar-refractivity contribution in [2.45, 2.75) is 18.4 Å². The van der Waals surface area contributed by atoms with Crippen LogP contribution in [-0.2, 0) is 17.3 Å². The SMILES string of the molecule is CCNC(=NCc1cccc(F)c1)NCCS(=O)c1ccccc1.I. The molecular weight excluding hydrogens is 452 g/mol. The number of nitrogens with one attached hydrogen (secondary N) is 2. The van der Waals surface area contributed by atoms with E-state index < -0.39 is 10.8 Å². The minimum absolute atomic E-state index is 0. The van der Waals surface area contributed by atoms with Gasteiger partial charge in [0.05, 0.1) is 17.3 Å². The van der Waals surface area contributed by atoms with Crippen molar-refractivity contribution in [2.75, 3.05) is 18.8 Å². The Bertz CT molecular complexity index is 698. The van der Waals surface area contributed by atoms with Gasteiger partial charge >= 0.3 is 0 Å². The van der Waals surface area contributed by atoms with Crippen LogP contribution in [0, 0.1) is 5.82 Å². The van der Waals surface area contributed by atoms with Crippen molar-refractivity contribution >= 4 is 40.7 Å². The lowest BCUT2D eigenvalue weighted by atomic mass is 10.2. The number of nitrogens with zero attached hydrogens (tertiary/aromatic N) is 1. The monoisotopic (exact) mass is 475 g/mol. The Labute approximate surface area is 167 Å². The summed E-state index contributed by atoms with van der Waals surface area (Å²) in [6.45, 7) is 3.61. The summed E-state index contributed by atoms with van der Waals surface area (Å²) in [6, 6.07) is 15.8. The molecule has 0 aliphatic heterocycles. The topological polar surface area (TPSA) is 53.5 Å². The average molecular weight is 475 g/mol. The second-order valence-corrected chi connectivity index (χ2v) is 6.69. The zero-order chi connectivity index (χ0) is 17.2. The molecule has 0 spiro atoms. The molecule has 4 nitrogen and oxygen atoms in total. The van der Waals surface area contributed by atoms with E-state index in [0.29, 0.717) is 24.8 Å². The van der Waals surface area contributed by atoms with Gasteiger partial charge in [0, 0.05) is 23.7 Å². The molecule has 0 fully saturated rings. The van der Waals surface area contributed by atoms with E-state index >= 15 is 0 Å². The summed E-state index contributed by atoms with van der Waals surface area (Å²) in [5.41, 5.74) is 0.806. The van der Waals surface area contributed by atoms with Crippen LogP contribution in [0.15, 0.2) is 64.5 Å². The molecule has 2 aromatic rings. The van der Waals surface area contributed by atoms with E-state index in [1.54, 1.807) is 6.07 Å². The number of halogens is 2. The molecule has 7 heteroatoms. The Balaban J connectivity index is 0.00000312. The van der Waals surface area contributed by atoms with Gasteiger partial charge in [-0.1, -0.05) is 30.3 Å². The zero-order valence-electron chi connectivity index (χ0n) is 14.1. The first kappa shape index (κ1) is 21.6. The van der Waals surface area contributed by atoms with Crippen molar-refractivity contribution in [3.63, 3.8) is 0 Å². The van der Waals surface area contributed by atoms with Gasteiger partial charge in [-0.15, -0.1) is 24.0 Å². The van der Waals surface area contributed by atoms with Gasteiger partial charge in [-0.05, 0) is 36.8 Å². The van der Waals surface area contributed by atoms with Crippen LogP contribution in [0.1, 0.15) is 12.5 Å². The second-order valence-electron chi connectivity index (χ2n) is 5.11. The quantitative estimate of drug-likeness (QED) is 0.367. The summed E-state index contributed by atoms with van der Waals surface area (Å²) in [6.07, 6.45) is 0. The summed E-state index contributed by atoms with van der Waals surface area (Å²) < 4.78 is 25.3. The lowest BCUT2D eigenvalue weighted by Gasteiger charge is -2.11. The van der Waals surface area contributed by atoms with Crippen LogP contribution in [0.4, 0.5) is 4.39 Å². The maximum Gasteiger partial charge on any atom is 0.191 e. The first-order chi connectivity index (χ1) is 11.7. The third-order valence-electron chi connectivity index (χ3n) is 3.24. The molecule has 0 bridgehead atoms. The van der Waals surface area contributed by atoms with Crippen LogP contribution >= 0.6 is 24.0 Å². The second kappa shape index (κ2) is 12.0. The van der Waals surface area contributed by atoms with Gasteiger partial charge in [0.25, 0.3) is 0 Å². The van der Waals surface area contributed by atoms with Crippen molar-refractivity contribution < 1.29 is 8.60 Å². The number of rotatable bonds is 7. The molecule has 0 saturated carbocycles. The van der Waals surface area contributed by atoms with Crippen LogP contribution in [0.25, 0.3) is 0 Å². The van der Waals surface area contributed by atoms with Gasteiger partial charge in [-0.3, -0.25) is 4.21 Å². The predicted octanol–water partition coefficient (Wildman–Crippen LogP) is 3.31. The third kappa shape index (κ3) is 7.96. The third-order valence-corrected chi connectivity index (χ3v) is 4.61. The molecule has 0 heterocycles. The molecular formula is C18H23FIN3OS. The molecule has 0 radical (unpaired) electrons. The van der Waals surface area contributed by atoms with Gasteiger partial charge in [0.2, 0.25) is 0 Å². The lowest BCUT2D eigenvalue weighted by molar-refractivity contribution is 0.625. The van der Waals surface area contributed by atoms with E-state index in [1.807, 2.05) is 43.3 Å². The van der Waals surface area contributed by atoms with Crippen LogP contribution in [0.2, 0.25) is 0 Å². The summed E-state index contributed by atoms with van der Waals surface area (Å²) in [4.78, 5) is 5.24. The Morgan fingerprint density at radius 3 is 2.56 bits per heavy atom. The smallest absolute Gasteiger partial charge is 0.191 e. The highest BCUT2D eigenvalue weighted by Crippen LogP contribution is 2.05. The standard InChI is InChI=1S/C18H22FN3OS.HI/c1-2-20-18(22-14-15-7-6-8-16(19)13-15)21-11-12-24(23)17-9-4-3-5-10-17;/h3-10,13H,2,11-12,14H2,1H3,(H2,20,21,22);1H. The molecule has 0 saturated heterocycles. The molecule has 1 atom stereocenters. The maximum absolute atomic E-state index is 13.2. The summed E-state index contributed by atoms with van der Waals surface area (Å²) in [7, 11) is -1.04. The van der Waals surface area contributed by atoms with Crippen molar-refractivity contribution in [3.05, 3.63) is 66.0 Å². The van der Waals surface area contributed by atoms with Gasteiger partial charge in [0.1, 0.15) is 5.82 Å². The maximum atomic E-state index is 13.2. The number of guanidine groups is 1. The summed E-state index contributed by atoms with van der Waals surface area (Å²) >= 11 is 0. The van der Waals surface area contributed by atoms with Crippen molar-refractivity contribution in [2.24, 2.45) is 4.99 Å². The van der Waals surface area contributed by atoms with E-state index in [1.165, 1.54) is 12.1 Å². The van der Waals surface area contributed by atoms with E-state index in [9.17, 15) is 8.60 Å². The molecule has 1 unspecified atom stereocenters. The molecule has 2 N–H and O–H groups in total. The van der Waals surface area contributed by atoms with Crippen LogP contribution in [-0.4, -0.2) is 29.0 Å². The Hall–Kier alpha value is -1.48. The minimum atomic E-state index is -1.04. The first-order valence-electron chi connectivity index (χ1n) is 7.89. The Morgan fingerprint density at radius 2 is 1.88 bits per heavy atom. The van der Waals surface area contributed by atoms with E-state index in [0.717, 1.165) is 17.0 Å². The largest absolute Gasteiger partial charge is 0.357 e. The van der Waals surface area contributed by atoms with Crippen molar-refractivity contribution in [1.29, 1.82) is 0 Å². The fraction of sp³-hybridized carbons (Fsp3) is 0.278. The number of hydrogen-bond acceptors (Lipinski definition) is 2. The first-order valence-corrected chi connectivity index (χ1v) is 9.21. The highest BCUT2D eigenvalue weighted by Gasteiger charge is 2.04. The van der Waals surface area contributed by atoms with Gasteiger partial charge in [-0.2, -0.15) is 0 Å². The zero-order valence-corrected chi connectivity index (χ0v) is 17.2. The average Bonchev–Trinajstić information content (AvgIpc) is 2.60. The molecule has 25 heavy (non-hydrogen) atoms. The van der Waals surface area contributed by atoms with E-state index in [-0.39, 0.29) is 29.8 Å². The van der Waals surface area contributed by atoms with Crippen LogP contribution < -0.4 is 10.6 Å². The lowest BCUT2D eigenvalue weighted by Crippen LogP contribution is -2.39. The Morgan fingerprint density at radius 1 is 1.12 bits per heavy atom. The highest BCUT2D eigenvalue weighted by molar-refractivity contribution is 14.0. The molecule has 136 valence electrons. The molecule has 0 aliphatic rings. The van der Waals surface area contributed by atoms with Crippen molar-refractivity contribution in [1.82, 2.24) is 10.6 Å². The van der Waals surface area contributed by atoms with Gasteiger partial charge < -0.3 is 10.6 Å². The molecule has 0 amide bonds. The van der Waals surface area contributed by atoms with Crippen LogP contribution in [0.5, 0.6) is 0 Å². The number of aliphatic imine (C=N–C) groups is 1. The Kier molecular flexibility index (Phi) is 10.3. The predicted molar refractivity (Wildman–Crippen MR) is 112 cm³/mol. The normalized spacial score (nSPS) is 12.2. The fourth-order valence-corrected chi connectivity index (χ4v) is 3.08. The summed E-state index contributed by atoms with van der Waals surface area (Å²) in [5, 5.41) is 6.29. The summed E-state index contributed by atoms with van der Waals surface area (Å²) in [5.74, 6) is 0.861. The van der Waals surface area contributed by atoms with Crippen LogP contribution in [0.3, 0.4) is 0 Å². The highest BCUT2D eigenvalue weighted by atomic mass is 127. The molecule has 0 aromatic heterocycles. The molecule has 2 rings (SSSR count). The fourth-order valence-electron chi connectivity index (χ4n) is 2.10. The number of hydrogen-bond donors (Lipinski definition) is 2. The number of benzene rings is 2. The van der Waals surface area contributed by atoms with E-state index in [2.05, 4.69) is 15.6 Å².